The van der Waals surface area contributed by atoms with Gasteiger partial charge >= 0.3 is 0 Å². The van der Waals surface area contributed by atoms with E-state index in [0.29, 0.717) is 19.3 Å². The number of nitrogens with zero attached hydrogens (tertiary/aromatic N) is 3. The number of hydrogen-bond donors (Lipinski definition) is 1. The van der Waals surface area contributed by atoms with Crippen molar-refractivity contribution in [3.05, 3.63) is 0 Å². The molecule has 2 saturated heterocycles. The van der Waals surface area contributed by atoms with E-state index >= 15 is 0 Å². The molecule has 0 aromatic rings. The number of methoxy groups -OCH3 is 1. The van der Waals surface area contributed by atoms with Gasteiger partial charge in [0.05, 0.1) is 26.4 Å². The molecular weight excluding hydrogens is 435 g/mol. The lowest BCUT2D eigenvalue weighted by Crippen LogP contribution is -2.46. The Kier molecular flexibility index (Phi) is 12.8. The average Bonchev–Trinajstić information content (AvgIpc) is 3.11. The van der Waals surface area contributed by atoms with E-state index in [9.17, 15) is 0 Å². The first-order chi connectivity index (χ1) is 11.8. The monoisotopic (exact) mass is 470 g/mol. The SMILES string of the molecule is CCNC(=NCCCOCCOC)N1CCC(N2CCOCC2)C1.I. The quantitative estimate of drug-likeness (QED) is 0.235. The van der Waals surface area contributed by atoms with Crippen LogP contribution in [0.5, 0.6) is 0 Å². The van der Waals surface area contributed by atoms with Gasteiger partial charge in [0.1, 0.15) is 0 Å². The lowest BCUT2D eigenvalue weighted by Gasteiger charge is -2.32. The number of morpholine rings is 1. The first-order valence-electron chi connectivity index (χ1n) is 9.27. The third-order valence-corrected chi connectivity index (χ3v) is 4.50. The molecule has 148 valence electrons. The Hall–Kier alpha value is -0.160. The molecule has 1 unspecified atom stereocenters. The summed E-state index contributed by atoms with van der Waals surface area (Å²) in [6.07, 6.45) is 2.16. The van der Waals surface area contributed by atoms with E-state index in [1.54, 1.807) is 7.11 Å². The predicted molar refractivity (Wildman–Crippen MR) is 111 cm³/mol. The van der Waals surface area contributed by atoms with Crippen LogP contribution in [0.15, 0.2) is 4.99 Å². The number of nitrogens with one attached hydrogen (secondary N) is 1. The van der Waals surface area contributed by atoms with E-state index in [2.05, 4.69) is 22.0 Å². The number of rotatable bonds is 9. The summed E-state index contributed by atoms with van der Waals surface area (Å²) in [5.74, 6) is 1.05. The van der Waals surface area contributed by atoms with Crippen molar-refractivity contribution in [2.75, 3.05) is 79.4 Å². The van der Waals surface area contributed by atoms with Gasteiger partial charge in [-0.3, -0.25) is 9.89 Å². The van der Waals surface area contributed by atoms with E-state index in [0.717, 1.165) is 71.5 Å². The summed E-state index contributed by atoms with van der Waals surface area (Å²) >= 11 is 0. The number of likely N-dealkylation sites (tertiary alicyclic amines) is 1. The lowest BCUT2D eigenvalue weighted by atomic mass is 10.2. The Morgan fingerprint density at radius 1 is 1.20 bits per heavy atom. The highest BCUT2D eigenvalue weighted by Crippen LogP contribution is 2.17. The average molecular weight is 470 g/mol. The second-order valence-corrected chi connectivity index (χ2v) is 6.23. The second-order valence-electron chi connectivity index (χ2n) is 6.23. The molecule has 0 amide bonds. The van der Waals surface area contributed by atoms with Crippen LogP contribution in [0.2, 0.25) is 0 Å². The standard InChI is InChI=1S/C17H34N4O3.HI/c1-3-18-17(19-6-4-10-23-14-13-22-2)21-7-5-16(15-21)20-8-11-24-12-9-20;/h16H,3-15H2,1-2H3,(H,18,19);1H. The first-order valence-corrected chi connectivity index (χ1v) is 9.27. The number of hydrogen-bond acceptors (Lipinski definition) is 5. The molecule has 7 nitrogen and oxygen atoms in total. The molecule has 0 aliphatic carbocycles. The molecular formula is C17H35IN4O3. The van der Waals surface area contributed by atoms with Crippen LogP contribution >= 0.6 is 24.0 Å². The summed E-state index contributed by atoms with van der Waals surface area (Å²) in [4.78, 5) is 9.73. The number of ether oxygens (including phenoxy) is 3. The van der Waals surface area contributed by atoms with Crippen molar-refractivity contribution in [1.29, 1.82) is 0 Å². The van der Waals surface area contributed by atoms with Gasteiger partial charge in [-0.25, -0.2) is 0 Å². The van der Waals surface area contributed by atoms with E-state index in [1.165, 1.54) is 6.42 Å². The van der Waals surface area contributed by atoms with E-state index in [4.69, 9.17) is 19.2 Å². The van der Waals surface area contributed by atoms with E-state index < -0.39 is 0 Å². The minimum atomic E-state index is 0. The highest BCUT2D eigenvalue weighted by molar-refractivity contribution is 14.0. The first kappa shape index (κ1) is 22.9. The van der Waals surface area contributed by atoms with Crippen molar-refractivity contribution in [3.63, 3.8) is 0 Å². The van der Waals surface area contributed by atoms with Crippen LogP contribution in [-0.2, 0) is 14.2 Å². The molecule has 2 fully saturated rings. The van der Waals surface area contributed by atoms with E-state index in [1.807, 2.05) is 0 Å². The highest BCUT2D eigenvalue weighted by atomic mass is 127. The summed E-state index contributed by atoms with van der Waals surface area (Å²) in [6, 6.07) is 0.634. The van der Waals surface area contributed by atoms with Gasteiger partial charge in [-0.05, 0) is 19.8 Å². The Morgan fingerprint density at radius 2 is 2.00 bits per heavy atom. The molecule has 2 rings (SSSR count). The fraction of sp³-hybridized carbons (Fsp3) is 0.941. The fourth-order valence-electron chi connectivity index (χ4n) is 3.20. The minimum absolute atomic E-state index is 0. The third-order valence-electron chi connectivity index (χ3n) is 4.50. The summed E-state index contributed by atoms with van der Waals surface area (Å²) in [7, 11) is 1.69. The second kappa shape index (κ2) is 14.0. The minimum Gasteiger partial charge on any atom is -0.382 e. The molecule has 1 atom stereocenters. The van der Waals surface area contributed by atoms with Crippen LogP contribution < -0.4 is 5.32 Å². The Morgan fingerprint density at radius 3 is 2.72 bits per heavy atom. The van der Waals surface area contributed by atoms with Gasteiger partial charge in [-0.15, -0.1) is 24.0 Å². The van der Waals surface area contributed by atoms with Gasteiger partial charge < -0.3 is 24.4 Å². The molecule has 0 aromatic heterocycles. The van der Waals surface area contributed by atoms with Crippen LogP contribution in [0.25, 0.3) is 0 Å². The molecule has 8 heteroatoms. The largest absolute Gasteiger partial charge is 0.382 e. The van der Waals surface area contributed by atoms with Crippen LogP contribution in [0, 0.1) is 0 Å². The van der Waals surface area contributed by atoms with Crippen molar-refractivity contribution >= 4 is 29.9 Å². The van der Waals surface area contributed by atoms with Crippen LogP contribution in [0.4, 0.5) is 0 Å². The van der Waals surface area contributed by atoms with Crippen molar-refractivity contribution in [2.45, 2.75) is 25.8 Å². The number of aliphatic imine (C=N–C) groups is 1. The third kappa shape index (κ3) is 8.38. The van der Waals surface area contributed by atoms with Crippen molar-refractivity contribution < 1.29 is 14.2 Å². The summed E-state index contributed by atoms with van der Waals surface area (Å²) in [6.45, 7) is 11.9. The van der Waals surface area contributed by atoms with Gasteiger partial charge in [0.25, 0.3) is 0 Å². The van der Waals surface area contributed by atoms with Gasteiger partial charge in [-0.1, -0.05) is 0 Å². The topological polar surface area (TPSA) is 58.6 Å². The lowest BCUT2D eigenvalue weighted by molar-refractivity contribution is 0.0195. The van der Waals surface area contributed by atoms with Crippen molar-refractivity contribution in [2.24, 2.45) is 4.99 Å². The van der Waals surface area contributed by atoms with Crippen molar-refractivity contribution in [3.8, 4) is 0 Å². The summed E-state index contributed by atoms with van der Waals surface area (Å²) in [5, 5.41) is 3.43. The number of halogens is 1. The zero-order valence-corrected chi connectivity index (χ0v) is 18.1. The van der Waals surface area contributed by atoms with Crippen LogP contribution in [0.3, 0.4) is 0 Å². The molecule has 0 spiro atoms. The smallest absolute Gasteiger partial charge is 0.193 e. The van der Waals surface area contributed by atoms with Crippen LogP contribution in [-0.4, -0.2) is 101 Å². The molecule has 0 radical (unpaired) electrons. The maximum Gasteiger partial charge on any atom is 0.193 e. The van der Waals surface area contributed by atoms with Gasteiger partial charge in [0.2, 0.25) is 0 Å². The Bertz CT molecular complexity index is 368. The molecule has 2 heterocycles. The maximum absolute atomic E-state index is 5.49. The normalized spacial score (nSPS) is 22.1. The molecule has 0 bridgehead atoms. The zero-order valence-electron chi connectivity index (χ0n) is 15.7. The van der Waals surface area contributed by atoms with Gasteiger partial charge in [0.15, 0.2) is 5.96 Å². The van der Waals surface area contributed by atoms with Gasteiger partial charge in [0, 0.05) is 59.0 Å². The summed E-state index contributed by atoms with van der Waals surface area (Å²) < 4.78 is 15.9. The Labute approximate surface area is 169 Å². The molecule has 0 aromatic carbocycles. The molecule has 1 N–H and O–H groups in total. The van der Waals surface area contributed by atoms with Crippen LogP contribution in [0.1, 0.15) is 19.8 Å². The molecule has 2 aliphatic rings. The molecule has 25 heavy (non-hydrogen) atoms. The van der Waals surface area contributed by atoms with E-state index in [-0.39, 0.29) is 24.0 Å². The maximum atomic E-state index is 5.49. The highest BCUT2D eigenvalue weighted by Gasteiger charge is 2.30. The van der Waals surface area contributed by atoms with Crippen molar-refractivity contribution in [1.82, 2.24) is 15.1 Å². The number of guanidine groups is 1. The fourth-order valence-corrected chi connectivity index (χ4v) is 3.20. The molecule has 0 saturated carbocycles. The summed E-state index contributed by atoms with van der Waals surface area (Å²) in [5.41, 5.74) is 0. The Balaban J connectivity index is 0.00000312. The predicted octanol–water partition coefficient (Wildman–Crippen LogP) is 1.03. The van der Waals surface area contributed by atoms with Gasteiger partial charge in [-0.2, -0.15) is 0 Å². The molecule has 2 aliphatic heterocycles. The zero-order chi connectivity index (χ0) is 17.0.